The number of aliphatic carboxylic acids is 1. The summed E-state index contributed by atoms with van der Waals surface area (Å²) in [5.41, 5.74) is 1.84. The minimum Gasteiger partial charge on any atom is -0.481 e. The number of nitrogens with one attached hydrogen (secondary N) is 1. The SMILES string of the molecule is Cc1ccccc1CNC(=O)CN1CC[C@](Cc2ccccc2)(C(=O)O)[C@@H](O)C1. The average molecular weight is 396 g/mol. The fraction of sp³-hybridized carbons (Fsp3) is 0.391. The van der Waals surface area contributed by atoms with Gasteiger partial charge in [0.1, 0.15) is 5.41 Å². The number of carbonyl (C=O) groups is 2. The third kappa shape index (κ3) is 5.02. The summed E-state index contributed by atoms with van der Waals surface area (Å²) in [6.45, 7) is 3.21. The van der Waals surface area contributed by atoms with E-state index in [0.29, 0.717) is 19.5 Å². The van der Waals surface area contributed by atoms with E-state index < -0.39 is 17.5 Å². The third-order valence-corrected chi connectivity index (χ3v) is 5.84. The van der Waals surface area contributed by atoms with Crippen LogP contribution in [-0.4, -0.2) is 52.7 Å². The number of piperidine rings is 1. The largest absolute Gasteiger partial charge is 0.481 e. The van der Waals surface area contributed by atoms with Crippen molar-refractivity contribution in [2.75, 3.05) is 19.6 Å². The van der Waals surface area contributed by atoms with Gasteiger partial charge in [-0.25, -0.2) is 0 Å². The predicted molar refractivity (Wildman–Crippen MR) is 110 cm³/mol. The summed E-state index contributed by atoms with van der Waals surface area (Å²) >= 11 is 0. The Bertz CT molecular complexity index is 855. The smallest absolute Gasteiger partial charge is 0.312 e. The van der Waals surface area contributed by atoms with Gasteiger partial charge < -0.3 is 15.5 Å². The van der Waals surface area contributed by atoms with Gasteiger partial charge in [-0.05, 0) is 43.0 Å². The Morgan fingerprint density at radius 2 is 1.83 bits per heavy atom. The van der Waals surface area contributed by atoms with Crippen LogP contribution in [0.15, 0.2) is 54.6 Å². The van der Waals surface area contributed by atoms with Crippen molar-refractivity contribution in [2.45, 2.75) is 32.4 Å². The number of carboxylic acid groups (broad SMARTS) is 1. The van der Waals surface area contributed by atoms with Gasteiger partial charge in [-0.15, -0.1) is 0 Å². The lowest BCUT2D eigenvalue weighted by Gasteiger charge is -2.42. The first-order valence-electron chi connectivity index (χ1n) is 9.90. The maximum absolute atomic E-state index is 12.3. The van der Waals surface area contributed by atoms with Crippen LogP contribution in [0.2, 0.25) is 0 Å². The van der Waals surface area contributed by atoms with Crippen LogP contribution in [0.25, 0.3) is 0 Å². The van der Waals surface area contributed by atoms with Crippen LogP contribution < -0.4 is 5.32 Å². The van der Waals surface area contributed by atoms with Gasteiger partial charge in [0.25, 0.3) is 0 Å². The van der Waals surface area contributed by atoms with Crippen LogP contribution in [0.4, 0.5) is 0 Å². The Kier molecular flexibility index (Phi) is 6.67. The summed E-state index contributed by atoms with van der Waals surface area (Å²) < 4.78 is 0. The number of hydrogen-bond acceptors (Lipinski definition) is 4. The summed E-state index contributed by atoms with van der Waals surface area (Å²) in [6.07, 6.45) is -0.473. The Hall–Kier alpha value is -2.70. The summed E-state index contributed by atoms with van der Waals surface area (Å²) in [4.78, 5) is 26.2. The zero-order chi connectivity index (χ0) is 20.9. The first kappa shape index (κ1) is 21.0. The molecule has 1 fully saturated rings. The van der Waals surface area contributed by atoms with E-state index in [-0.39, 0.29) is 25.4 Å². The maximum atomic E-state index is 12.3. The van der Waals surface area contributed by atoms with E-state index in [1.165, 1.54) is 0 Å². The molecule has 1 amide bonds. The molecule has 2 atom stereocenters. The second-order valence-electron chi connectivity index (χ2n) is 7.83. The van der Waals surface area contributed by atoms with Gasteiger partial charge in [0.15, 0.2) is 0 Å². The Labute approximate surface area is 171 Å². The van der Waals surface area contributed by atoms with Gasteiger partial charge in [-0.1, -0.05) is 54.6 Å². The van der Waals surface area contributed by atoms with E-state index in [4.69, 9.17) is 0 Å². The molecule has 0 aliphatic carbocycles. The van der Waals surface area contributed by atoms with Crippen molar-refractivity contribution >= 4 is 11.9 Å². The normalized spacial score (nSPS) is 22.2. The molecule has 0 bridgehead atoms. The number of benzene rings is 2. The van der Waals surface area contributed by atoms with Crippen molar-refractivity contribution < 1.29 is 19.8 Å². The third-order valence-electron chi connectivity index (χ3n) is 5.84. The molecule has 1 saturated heterocycles. The molecule has 29 heavy (non-hydrogen) atoms. The molecule has 154 valence electrons. The van der Waals surface area contributed by atoms with E-state index in [0.717, 1.165) is 16.7 Å². The summed E-state index contributed by atoms with van der Waals surface area (Å²) in [5, 5.41) is 23.5. The molecule has 2 aromatic rings. The molecule has 0 spiro atoms. The molecular weight excluding hydrogens is 368 g/mol. The predicted octanol–water partition coefficient (Wildman–Crippen LogP) is 1.99. The number of β-amino-alcohol motifs (C(OH)–C–C–N with tert-alkyl or cyclic N) is 1. The minimum absolute atomic E-state index is 0.133. The van der Waals surface area contributed by atoms with E-state index in [2.05, 4.69) is 5.32 Å². The number of aryl methyl sites for hydroxylation is 1. The summed E-state index contributed by atoms with van der Waals surface area (Å²) in [5.74, 6) is -1.12. The molecule has 6 nitrogen and oxygen atoms in total. The highest BCUT2D eigenvalue weighted by Gasteiger charge is 2.48. The van der Waals surface area contributed by atoms with Gasteiger partial charge in [0.05, 0.1) is 12.6 Å². The van der Waals surface area contributed by atoms with Gasteiger partial charge in [0, 0.05) is 13.1 Å². The molecule has 1 heterocycles. The number of aliphatic hydroxyl groups excluding tert-OH is 1. The highest BCUT2D eigenvalue weighted by atomic mass is 16.4. The highest BCUT2D eigenvalue weighted by Crippen LogP contribution is 2.36. The molecule has 6 heteroatoms. The van der Waals surface area contributed by atoms with Crippen LogP contribution in [0.5, 0.6) is 0 Å². The molecule has 0 aromatic heterocycles. The van der Waals surface area contributed by atoms with E-state index in [1.54, 1.807) is 0 Å². The number of hydrogen-bond donors (Lipinski definition) is 3. The molecular formula is C23H28N2O4. The van der Waals surface area contributed by atoms with E-state index in [1.807, 2.05) is 66.4 Å². The molecule has 0 radical (unpaired) electrons. The van der Waals surface area contributed by atoms with Crippen molar-refractivity contribution in [3.8, 4) is 0 Å². The van der Waals surface area contributed by atoms with Crippen LogP contribution in [-0.2, 0) is 22.6 Å². The van der Waals surface area contributed by atoms with Gasteiger partial charge >= 0.3 is 5.97 Å². The molecule has 0 unspecified atom stereocenters. The highest BCUT2D eigenvalue weighted by molar-refractivity contribution is 5.78. The van der Waals surface area contributed by atoms with Crippen LogP contribution in [0.1, 0.15) is 23.1 Å². The van der Waals surface area contributed by atoms with Crippen LogP contribution >= 0.6 is 0 Å². The minimum atomic E-state index is -1.23. The number of carbonyl (C=O) groups excluding carboxylic acids is 1. The van der Waals surface area contributed by atoms with Crippen molar-refractivity contribution in [1.82, 2.24) is 10.2 Å². The second kappa shape index (κ2) is 9.20. The van der Waals surface area contributed by atoms with Crippen molar-refractivity contribution in [3.63, 3.8) is 0 Å². The molecule has 3 rings (SSSR count). The molecule has 3 N–H and O–H groups in total. The zero-order valence-electron chi connectivity index (χ0n) is 16.7. The number of rotatable bonds is 7. The quantitative estimate of drug-likeness (QED) is 0.666. The molecule has 0 saturated carbocycles. The summed E-state index contributed by atoms with van der Waals surface area (Å²) in [6, 6.07) is 17.2. The van der Waals surface area contributed by atoms with E-state index in [9.17, 15) is 19.8 Å². The zero-order valence-corrected chi connectivity index (χ0v) is 16.7. The van der Waals surface area contributed by atoms with Crippen molar-refractivity contribution in [1.29, 1.82) is 0 Å². The standard InChI is InChI=1S/C23H28N2O4/c1-17-7-5-6-10-19(17)14-24-21(27)16-25-12-11-23(22(28)29,20(26)15-25)13-18-8-3-2-4-9-18/h2-10,20,26H,11-16H2,1H3,(H,24,27)(H,28,29)/t20-,23+/m0/s1. The molecule has 2 aromatic carbocycles. The van der Waals surface area contributed by atoms with Gasteiger partial charge in [-0.2, -0.15) is 0 Å². The lowest BCUT2D eigenvalue weighted by atomic mass is 9.71. The Morgan fingerprint density at radius 1 is 1.14 bits per heavy atom. The summed E-state index contributed by atoms with van der Waals surface area (Å²) in [7, 11) is 0. The second-order valence-corrected chi connectivity index (χ2v) is 7.83. The maximum Gasteiger partial charge on any atom is 0.312 e. The van der Waals surface area contributed by atoms with E-state index >= 15 is 0 Å². The fourth-order valence-corrected chi connectivity index (χ4v) is 3.93. The number of carboxylic acids is 1. The van der Waals surface area contributed by atoms with Crippen LogP contribution in [0.3, 0.4) is 0 Å². The van der Waals surface area contributed by atoms with Gasteiger partial charge in [-0.3, -0.25) is 14.5 Å². The number of nitrogens with zero attached hydrogens (tertiary/aromatic N) is 1. The first-order chi connectivity index (χ1) is 13.9. The first-order valence-corrected chi connectivity index (χ1v) is 9.90. The molecule has 1 aliphatic rings. The number of likely N-dealkylation sites (tertiary alicyclic amines) is 1. The molecule has 1 aliphatic heterocycles. The monoisotopic (exact) mass is 396 g/mol. The Morgan fingerprint density at radius 3 is 2.48 bits per heavy atom. The van der Waals surface area contributed by atoms with Crippen LogP contribution in [0, 0.1) is 12.3 Å². The van der Waals surface area contributed by atoms with Gasteiger partial charge in [0.2, 0.25) is 5.91 Å². The lowest BCUT2D eigenvalue weighted by Crippen LogP contribution is -2.57. The van der Waals surface area contributed by atoms with Crippen molar-refractivity contribution in [3.05, 3.63) is 71.3 Å². The fourth-order valence-electron chi connectivity index (χ4n) is 3.93. The average Bonchev–Trinajstić information content (AvgIpc) is 2.70. The van der Waals surface area contributed by atoms with Crippen molar-refractivity contribution in [2.24, 2.45) is 5.41 Å². The number of aliphatic hydroxyl groups is 1. The Balaban J connectivity index is 1.57. The number of amides is 1. The topological polar surface area (TPSA) is 89.9 Å². The lowest BCUT2D eigenvalue weighted by molar-refractivity contribution is -0.163.